The molecule has 0 fully saturated rings. The van der Waals surface area contributed by atoms with E-state index in [-0.39, 0.29) is 30.9 Å². The number of carbonyl (C=O) groups is 1. The first-order valence-electron chi connectivity index (χ1n) is 6.84. The molecule has 0 radical (unpaired) electrons. The summed E-state index contributed by atoms with van der Waals surface area (Å²) in [5.74, 6) is 1.89. The molecule has 0 atom stereocenters. The first-order valence-corrected chi connectivity index (χ1v) is 6.84. The van der Waals surface area contributed by atoms with Crippen LogP contribution in [0.4, 0.5) is 0 Å². The van der Waals surface area contributed by atoms with Gasteiger partial charge in [0.15, 0.2) is 17.3 Å². The van der Waals surface area contributed by atoms with E-state index in [0.29, 0.717) is 17.3 Å². The molecule has 4 rings (SSSR count). The van der Waals surface area contributed by atoms with E-state index in [4.69, 9.17) is 18.4 Å². The van der Waals surface area contributed by atoms with Gasteiger partial charge in [-0.3, -0.25) is 4.79 Å². The smallest absolute Gasteiger partial charge is 0.287 e. The van der Waals surface area contributed by atoms with Gasteiger partial charge in [0.25, 0.3) is 5.91 Å². The zero-order chi connectivity index (χ0) is 15.6. The fourth-order valence-corrected chi connectivity index (χ4v) is 2.13. The molecular formula is C15H11N3O5. The first kappa shape index (κ1) is 13.4. The zero-order valence-corrected chi connectivity index (χ0v) is 11.8. The minimum atomic E-state index is -0.349. The lowest BCUT2D eigenvalue weighted by molar-refractivity contribution is 0.0918. The molecule has 0 saturated heterocycles. The van der Waals surface area contributed by atoms with E-state index in [1.807, 2.05) is 6.07 Å². The molecule has 23 heavy (non-hydrogen) atoms. The van der Waals surface area contributed by atoms with Crippen LogP contribution in [0.5, 0.6) is 11.5 Å². The molecule has 2 aromatic heterocycles. The van der Waals surface area contributed by atoms with Crippen LogP contribution in [-0.4, -0.2) is 22.8 Å². The number of benzene rings is 1. The van der Waals surface area contributed by atoms with Crippen molar-refractivity contribution in [2.45, 2.75) is 6.54 Å². The number of fused-ring (bicyclic) bond motifs is 1. The van der Waals surface area contributed by atoms with E-state index in [2.05, 4.69) is 15.5 Å². The summed E-state index contributed by atoms with van der Waals surface area (Å²) in [7, 11) is 0. The number of furan rings is 1. The minimum absolute atomic E-state index is 0.108. The van der Waals surface area contributed by atoms with Crippen molar-refractivity contribution in [2.75, 3.05) is 6.79 Å². The third-order valence-corrected chi connectivity index (χ3v) is 3.24. The summed E-state index contributed by atoms with van der Waals surface area (Å²) < 4.78 is 20.7. The minimum Gasteiger partial charge on any atom is -0.459 e. The van der Waals surface area contributed by atoms with Crippen LogP contribution in [0, 0.1) is 0 Å². The number of nitrogens with zero attached hydrogens (tertiary/aromatic N) is 2. The lowest BCUT2D eigenvalue weighted by Gasteiger charge is -1.98. The third kappa shape index (κ3) is 2.61. The zero-order valence-electron chi connectivity index (χ0n) is 11.8. The summed E-state index contributed by atoms with van der Waals surface area (Å²) in [6.07, 6.45) is 1.43. The number of hydrogen-bond acceptors (Lipinski definition) is 7. The normalized spacial score (nSPS) is 12.3. The molecule has 0 spiro atoms. The molecule has 1 aliphatic rings. The Hall–Kier alpha value is -3.29. The number of amides is 1. The Labute approximate surface area is 130 Å². The molecular weight excluding hydrogens is 302 g/mol. The molecule has 3 aromatic rings. The SMILES string of the molecule is O=C(NCc1nc(-c2ccc3c(c2)OCO3)no1)c1ccco1. The quantitative estimate of drug-likeness (QED) is 0.786. The van der Waals surface area contributed by atoms with Crippen molar-refractivity contribution < 1.29 is 23.2 Å². The molecule has 0 saturated carbocycles. The van der Waals surface area contributed by atoms with E-state index in [9.17, 15) is 4.79 Å². The van der Waals surface area contributed by atoms with E-state index in [1.165, 1.54) is 6.26 Å². The average molecular weight is 313 g/mol. The monoisotopic (exact) mass is 313 g/mol. The Balaban J connectivity index is 1.45. The van der Waals surface area contributed by atoms with Gasteiger partial charge in [-0.15, -0.1) is 0 Å². The largest absolute Gasteiger partial charge is 0.459 e. The van der Waals surface area contributed by atoms with Crippen LogP contribution in [0.15, 0.2) is 45.5 Å². The lowest BCUT2D eigenvalue weighted by Crippen LogP contribution is -2.22. The van der Waals surface area contributed by atoms with Crippen LogP contribution in [0.1, 0.15) is 16.4 Å². The maximum atomic E-state index is 11.8. The highest BCUT2D eigenvalue weighted by molar-refractivity contribution is 5.91. The van der Waals surface area contributed by atoms with Gasteiger partial charge in [0.2, 0.25) is 18.5 Å². The molecule has 0 bridgehead atoms. The van der Waals surface area contributed by atoms with Gasteiger partial charge in [0.05, 0.1) is 12.8 Å². The van der Waals surface area contributed by atoms with E-state index >= 15 is 0 Å². The highest BCUT2D eigenvalue weighted by atomic mass is 16.7. The van der Waals surface area contributed by atoms with E-state index in [0.717, 1.165) is 5.56 Å². The Bertz CT molecular complexity index is 841. The van der Waals surface area contributed by atoms with Gasteiger partial charge in [0, 0.05) is 5.56 Å². The van der Waals surface area contributed by atoms with Crippen molar-refractivity contribution in [3.63, 3.8) is 0 Å². The number of nitrogens with one attached hydrogen (secondary N) is 1. The molecule has 1 amide bonds. The second-order valence-electron chi connectivity index (χ2n) is 4.74. The summed E-state index contributed by atoms with van der Waals surface area (Å²) in [5, 5.41) is 6.53. The molecule has 3 heterocycles. The molecule has 8 nitrogen and oxygen atoms in total. The number of ether oxygens (including phenoxy) is 2. The van der Waals surface area contributed by atoms with Crippen molar-refractivity contribution in [2.24, 2.45) is 0 Å². The van der Waals surface area contributed by atoms with Crippen LogP contribution >= 0.6 is 0 Å². The Morgan fingerprint density at radius 1 is 1.22 bits per heavy atom. The van der Waals surface area contributed by atoms with Gasteiger partial charge in [-0.05, 0) is 30.3 Å². The number of rotatable bonds is 4. The molecule has 1 aromatic carbocycles. The predicted molar refractivity (Wildman–Crippen MR) is 75.7 cm³/mol. The third-order valence-electron chi connectivity index (χ3n) is 3.24. The second kappa shape index (κ2) is 5.48. The Kier molecular flexibility index (Phi) is 3.19. The van der Waals surface area contributed by atoms with Crippen LogP contribution in [0.3, 0.4) is 0 Å². The first-order chi connectivity index (χ1) is 11.3. The predicted octanol–water partition coefficient (Wildman–Crippen LogP) is 1.99. The maximum absolute atomic E-state index is 11.8. The maximum Gasteiger partial charge on any atom is 0.287 e. The van der Waals surface area contributed by atoms with Crippen molar-refractivity contribution in [3.05, 3.63) is 48.2 Å². The molecule has 1 N–H and O–H groups in total. The van der Waals surface area contributed by atoms with Gasteiger partial charge in [-0.1, -0.05) is 5.16 Å². The van der Waals surface area contributed by atoms with Gasteiger partial charge in [-0.25, -0.2) is 0 Å². The van der Waals surface area contributed by atoms with E-state index in [1.54, 1.807) is 24.3 Å². The fourth-order valence-electron chi connectivity index (χ4n) is 2.13. The summed E-state index contributed by atoms with van der Waals surface area (Å²) >= 11 is 0. The van der Waals surface area contributed by atoms with Gasteiger partial charge >= 0.3 is 0 Å². The highest BCUT2D eigenvalue weighted by Gasteiger charge is 2.17. The molecule has 8 heteroatoms. The van der Waals surface area contributed by atoms with Crippen molar-refractivity contribution >= 4 is 5.91 Å². The number of aromatic nitrogens is 2. The van der Waals surface area contributed by atoms with E-state index < -0.39 is 0 Å². The van der Waals surface area contributed by atoms with Crippen LogP contribution in [0.25, 0.3) is 11.4 Å². The Morgan fingerprint density at radius 2 is 2.13 bits per heavy atom. The molecule has 0 unspecified atom stereocenters. The molecule has 116 valence electrons. The van der Waals surface area contributed by atoms with Crippen LogP contribution in [0.2, 0.25) is 0 Å². The summed E-state index contributed by atoms with van der Waals surface area (Å²) in [4.78, 5) is 16.0. The number of hydrogen-bond donors (Lipinski definition) is 1. The summed E-state index contributed by atoms with van der Waals surface area (Å²) in [5.41, 5.74) is 0.738. The lowest BCUT2D eigenvalue weighted by atomic mass is 10.2. The highest BCUT2D eigenvalue weighted by Crippen LogP contribution is 2.35. The summed E-state index contributed by atoms with van der Waals surface area (Å²) in [6.45, 7) is 0.312. The van der Waals surface area contributed by atoms with Crippen LogP contribution in [-0.2, 0) is 6.54 Å². The second-order valence-corrected chi connectivity index (χ2v) is 4.74. The molecule has 1 aliphatic heterocycles. The van der Waals surface area contributed by atoms with Crippen LogP contribution < -0.4 is 14.8 Å². The van der Waals surface area contributed by atoms with Crippen molar-refractivity contribution in [1.29, 1.82) is 0 Å². The molecule has 0 aliphatic carbocycles. The standard InChI is InChI=1S/C15H11N3O5/c19-15(11-2-1-5-20-11)16-7-13-17-14(18-23-13)9-3-4-10-12(6-9)22-8-21-10/h1-6H,7-8H2,(H,16,19). The van der Waals surface area contributed by atoms with Gasteiger partial charge in [-0.2, -0.15) is 4.98 Å². The fraction of sp³-hybridized carbons (Fsp3) is 0.133. The average Bonchev–Trinajstić information content (AvgIpc) is 3.32. The van der Waals surface area contributed by atoms with Crippen molar-refractivity contribution in [1.82, 2.24) is 15.5 Å². The van der Waals surface area contributed by atoms with Gasteiger partial charge < -0.3 is 23.7 Å². The van der Waals surface area contributed by atoms with Crippen molar-refractivity contribution in [3.8, 4) is 22.9 Å². The summed E-state index contributed by atoms with van der Waals surface area (Å²) in [6, 6.07) is 8.58. The Morgan fingerprint density at radius 3 is 3.00 bits per heavy atom. The topological polar surface area (TPSA) is 99.6 Å². The van der Waals surface area contributed by atoms with Gasteiger partial charge in [0.1, 0.15) is 0 Å². The number of carbonyl (C=O) groups excluding carboxylic acids is 1.